The maximum Gasteiger partial charge on any atom is 0.338 e. The van der Waals surface area contributed by atoms with E-state index in [1.54, 1.807) is 0 Å². The molecule has 3 aromatic carbocycles. The Balaban J connectivity index is 1.73. The highest BCUT2D eigenvalue weighted by atomic mass is 19.1. The van der Waals surface area contributed by atoms with Crippen molar-refractivity contribution < 1.29 is 44.2 Å². The van der Waals surface area contributed by atoms with Crippen LogP contribution in [0.3, 0.4) is 0 Å². The Morgan fingerprint density at radius 3 is 2.23 bits per heavy atom. The zero-order chi connectivity index (χ0) is 22.3. The number of aromatic hydroxyl groups is 5. The van der Waals surface area contributed by atoms with Gasteiger partial charge in [0.15, 0.2) is 23.4 Å². The van der Waals surface area contributed by atoms with Crippen molar-refractivity contribution in [1.29, 1.82) is 0 Å². The van der Waals surface area contributed by atoms with Crippen LogP contribution in [-0.4, -0.2) is 37.6 Å². The number of phenols is 5. The molecule has 31 heavy (non-hydrogen) atoms. The van der Waals surface area contributed by atoms with E-state index in [1.165, 1.54) is 18.2 Å². The van der Waals surface area contributed by atoms with E-state index >= 15 is 0 Å². The van der Waals surface area contributed by atoms with Crippen LogP contribution in [0.25, 0.3) is 0 Å². The number of ether oxygens (including phenoxy) is 2. The summed E-state index contributed by atoms with van der Waals surface area (Å²) in [5.41, 5.74) is 0.522. The predicted molar refractivity (Wildman–Crippen MR) is 104 cm³/mol. The molecule has 0 aromatic heterocycles. The maximum atomic E-state index is 13.2. The highest BCUT2D eigenvalue weighted by Gasteiger charge is 2.37. The van der Waals surface area contributed by atoms with Crippen LogP contribution < -0.4 is 4.74 Å². The van der Waals surface area contributed by atoms with E-state index < -0.39 is 41.2 Å². The summed E-state index contributed by atoms with van der Waals surface area (Å²) in [4.78, 5) is 12.6. The molecule has 2 atom stereocenters. The van der Waals surface area contributed by atoms with Gasteiger partial charge in [-0.15, -0.1) is 0 Å². The number of carbonyl (C=O) groups excluding carboxylic acids is 1. The van der Waals surface area contributed by atoms with Gasteiger partial charge in [0.25, 0.3) is 0 Å². The highest BCUT2D eigenvalue weighted by Crippen LogP contribution is 2.45. The minimum atomic E-state index is -1.07. The Hall–Kier alpha value is -4.14. The third-order valence-corrected chi connectivity index (χ3v) is 4.93. The molecule has 0 fully saturated rings. The molecule has 8 nitrogen and oxygen atoms in total. The summed E-state index contributed by atoms with van der Waals surface area (Å²) in [5.74, 6) is -3.69. The number of hydrogen-bond donors (Lipinski definition) is 5. The van der Waals surface area contributed by atoms with Gasteiger partial charge in [-0.1, -0.05) is 0 Å². The standard InChI is InChI=1S/C22H17FO8/c23-12-3-1-10(2-4-12)22(29)31-19-9-14-15(25)7-13(24)8-18(14)30-21(19)11-5-16(26)20(28)17(27)6-11/h1-8,19,21,24-28H,9H2/t19-,21-/m1/s1. The van der Waals surface area contributed by atoms with E-state index in [0.717, 1.165) is 30.3 Å². The number of phenolic OH excluding ortho intramolecular Hbond substituents is 5. The minimum absolute atomic E-state index is 0.0263. The lowest BCUT2D eigenvalue weighted by atomic mass is 9.93. The summed E-state index contributed by atoms with van der Waals surface area (Å²) in [7, 11) is 0. The summed E-state index contributed by atoms with van der Waals surface area (Å²) in [5, 5.41) is 49.3. The normalized spacial score (nSPS) is 17.5. The third-order valence-electron chi connectivity index (χ3n) is 4.93. The van der Waals surface area contributed by atoms with Gasteiger partial charge >= 0.3 is 5.97 Å². The van der Waals surface area contributed by atoms with Crippen LogP contribution in [0, 0.1) is 5.82 Å². The number of carbonyl (C=O) groups is 1. The molecular weight excluding hydrogens is 411 g/mol. The predicted octanol–water partition coefficient (Wildman–Crippen LogP) is 3.26. The Morgan fingerprint density at radius 1 is 0.935 bits per heavy atom. The molecule has 0 saturated heterocycles. The average Bonchev–Trinajstić information content (AvgIpc) is 2.72. The van der Waals surface area contributed by atoms with Gasteiger partial charge in [0.05, 0.1) is 5.56 Å². The Morgan fingerprint density at radius 2 is 1.58 bits per heavy atom. The highest BCUT2D eigenvalue weighted by molar-refractivity contribution is 5.89. The van der Waals surface area contributed by atoms with E-state index in [2.05, 4.69) is 0 Å². The van der Waals surface area contributed by atoms with Gasteiger partial charge in [0, 0.05) is 29.7 Å². The van der Waals surface area contributed by atoms with Crippen molar-refractivity contribution in [3.05, 3.63) is 71.0 Å². The summed E-state index contributed by atoms with van der Waals surface area (Å²) < 4.78 is 24.5. The second-order valence-electron chi connectivity index (χ2n) is 7.04. The van der Waals surface area contributed by atoms with Crippen LogP contribution in [0.5, 0.6) is 34.5 Å². The first-order chi connectivity index (χ1) is 14.7. The average molecular weight is 428 g/mol. The Bertz CT molecular complexity index is 1140. The van der Waals surface area contributed by atoms with Crippen molar-refractivity contribution in [2.75, 3.05) is 0 Å². The molecule has 1 aliphatic rings. The third kappa shape index (κ3) is 3.85. The van der Waals surface area contributed by atoms with Crippen molar-refractivity contribution in [2.45, 2.75) is 18.6 Å². The summed E-state index contributed by atoms with van der Waals surface area (Å²) in [6.07, 6.45) is -2.14. The lowest BCUT2D eigenvalue weighted by molar-refractivity contribution is -0.0189. The van der Waals surface area contributed by atoms with Gasteiger partial charge in [0.2, 0.25) is 0 Å². The number of hydrogen-bond acceptors (Lipinski definition) is 8. The van der Waals surface area contributed by atoms with E-state index in [1.807, 2.05) is 0 Å². The lowest BCUT2D eigenvalue weighted by Crippen LogP contribution is -2.34. The number of benzene rings is 3. The van der Waals surface area contributed by atoms with Gasteiger partial charge in [-0.05, 0) is 36.4 Å². The van der Waals surface area contributed by atoms with Gasteiger partial charge in [-0.25, -0.2) is 9.18 Å². The molecule has 0 unspecified atom stereocenters. The Labute approximate surface area is 175 Å². The fourth-order valence-electron chi connectivity index (χ4n) is 3.41. The molecule has 0 aliphatic carbocycles. The monoisotopic (exact) mass is 428 g/mol. The molecular formula is C22H17FO8. The van der Waals surface area contributed by atoms with E-state index in [-0.39, 0.29) is 40.4 Å². The second kappa shape index (κ2) is 7.60. The van der Waals surface area contributed by atoms with E-state index in [9.17, 15) is 34.7 Å². The fraction of sp³-hybridized carbons (Fsp3) is 0.136. The number of fused-ring (bicyclic) bond motifs is 1. The van der Waals surface area contributed by atoms with E-state index in [0.29, 0.717) is 0 Å². The largest absolute Gasteiger partial charge is 0.508 e. The fourth-order valence-corrected chi connectivity index (χ4v) is 3.41. The number of rotatable bonds is 3. The minimum Gasteiger partial charge on any atom is -0.508 e. The molecule has 9 heteroatoms. The van der Waals surface area contributed by atoms with Crippen LogP contribution in [0.1, 0.15) is 27.6 Å². The molecule has 0 bridgehead atoms. The summed E-state index contributed by atoms with van der Waals surface area (Å²) >= 11 is 0. The SMILES string of the molecule is O=C(O[C@@H]1Cc2c(O)cc(O)cc2O[C@@H]1c1cc(O)c(O)c(O)c1)c1ccc(F)cc1. The molecule has 0 spiro atoms. The van der Waals surface area contributed by atoms with Crippen LogP contribution >= 0.6 is 0 Å². The smallest absolute Gasteiger partial charge is 0.338 e. The second-order valence-corrected chi connectivity index (χ2v) is 7.04. The molecule has 160 valence electrons. The molecule has 0 saturated carbocycles. The zero-order valence-corrected chi connectivity index (χ0v) is 15.8. The van der Waals surface area contributed by atoms with Gasteiger partial charge in [-0.2, -0.15) is 0 Å². The topological polar surface area (TPSA) is 137 Å². The quantitative estimate of drug-likeness (QED) is 0.317. The van der Waals surface area contributed by atoms with Crippen molar-refractivity contribution >= 4 is 5.97 Å². The molecule has 1 heterocycles. The lowest BCUT2D eigenvalue weighted by Gasteiger charge is -2.34. The van der Waals surface area contributed by atoms with Gasteiger partial charge in [0.1, 0.15) is 29.2 Å². The molecule has 0 radical (unpaired) electrons. The van der Waals surface area contributed by atoms with Crippen molar-refractivity contribution in [3.8, 4) is 34.5 Å². The maximum absolute atomic E-state index is 13.2. The van der Waals surface area contributed by atoms with Crippen LogP contribution in [0.2, 0.25) is 0 Å². The molecule has 5 N–H and O–H groups in total. The summed E-state index contributed by atoms with van der Waals surface area (Å²) in [6.45, 7) is 0. The van der Waals surface area contributed by atoms with Crippen LogP contribution in [0.4, 0.5) is 4.39 Å². The van der Waals surface area contributed by atoms with Crippen molar-refractivity contribution in [1.82, 2.24) is 0 Å². The number of halogens is 1. The van der Waals surface area contributed by atoms with Crippen molar-refractivity contribution in [3.63, 3.8) is 0 Å². The molecule has 0 amide bonds. The number of esters is 1. The van der Waals surface area contributed by atoms with Crippen LogP contribution in [-0.2, 0) is 11.2 Å². The molecule has 1 aliphatic heterocycles. The first-order valence-corrected chi connectivity index (χ1v) is 9.16. The zero-order valence-electron chi connectivity index (χ0n) is 15.8. The first kappa shape index (κ1) is 20.1. The first-order valence-electron chi connectivity index (χ1n) is 9.16. The van der Waals surface area contributed by atoms with E-state index in [4.69, 9.17) is 9.47 Å². The molecule has 4 rings (SSSR count). The van der Waals surface area contributed by atoms with Gasteiger partial charge < -0.3 is 35.0 Å². The van der Waals surface area contributed by atoms with Crippen LogP contribution in [0.15, 0.2) is 48.5 Å². The van der Waals surface area contributed by atoms with Crippen molar-refractivity contribution in [2.24, 2.45) is 0 Å². The Kier molecular flexibility index (Phi) is 4.94. The summed E-state index contributed by atoms with van der Waals surface area (Å²) in [6, 6.07) is 9.34. The van der Waals surface area contributed by atoms with Gasteiger partial charge in [-0.3, -0.25) is 0 Å². The molecule has 3 aromatic rings.